The molecule has 216 valence electrons. The number of benzene rings is 4. The molecule has 1 aliphatic rings. The van der Waals surface area contributed by atoms with Crippen molar-refractivity contribution in [1.82, 2.24) is 9.80 Å². The summed E-state index contributed by atoms with van der Waals surface area (Å²) in [5.41, 5.74) is 4.85. The highest BCUT2D eigenvalue weighted by atomic mass is 79.9. The lowest BCUT2D eigenvalue weighted by molar-refractivity contribution is 0.0746. The summed E-state index contributed by atoms with van der Waals surface area (Å²) in [4.78, 5) is 31.4. The Labute approximate surface area is 256 Å². The SMILES string of the molecule is CCCCN(C)C(=O)c1cc(C(=O)N2Cc3ccc(Br)cc3C2)c(OCc2ccccc2)cc1OCc1ccccc1. The summed E-state index contributed by atoms with van der Waals surface area (Å²) in [6.45, 7) is 4.23. The molecule has 7 heteroatoms. The Hall–Kier alpha value is -4.10. The van der Waals surface area contributed by atoms with Crippen molar-refractivity contribution in [2.45, 2.75) is 46.1 Å². The lowest BCUT2D eigenvalue weighted by atomic mass is 10.0. The third-order valence-corrected chi connectivity index (χ3v) is 7.88. The van der Waals surface area contributed by atoms with Crippen LogP contribution in [0.25, 0.3) is 0 Å². The van der Waals surface area contributed by atoms with Gasteiger partial charge in [-0.15, -0.1) is 0 Å². The molecule has 0 N–H and O–H groups in total. The van der Waals surface area contributed by atoms with E-state index in [4.69, 9.17) is 9.47 Å². The van der Waals surface area contributed by atoms with Gasteiger partial charge in [-0.05, 0) is 46.9 Å². The van der Waals surface area contributed by atoms with Crippen LogP contribution in [0.5, 0.6) is 11.5 Å². The van der Waals surface area contributed by atoms with Crippen LogP contribution in [-0.2, 0) is 26.3 Å². The van der Waals surface area contributed by atoms with Crippen LogP contribution in [0.4, 0.5) is 0 Å². The number of halogens is 1. The van der Waals surface area contributed by atoms with Crippen LogP contribution in [0.2, 0.25) is 0 Å². The van der Waals surface area contributed by atoms with Gasteiger partial charge in [-0.1, -0.05) is 96.0 Å². The van der Waals surface area contributed by atoms with Crippen molar-refractivity contribution < 1.29 is 19.1 Å². The van der Waals surface area contributed by atoms with Crippen molar-refractivity contribution in [1.29, 1.82) is 0 Å². The van der Waals surface area contributed by atoms with Gasteiger partial charge in [0.15, 0.2) is 0 Å². The number of amides is 2. The van der Waals surface area contributed by atoms with Gasteiger partial charge in [0.25, 0.3) is 11.8 Å². The van der Waals surface area contributed by atoms with Crippen molar-refractivity contribution in [3.63, 3.8) is 0 Å². The number of ether oxygens (including phenoxy) is 2. The molecule has 0 spiro atoms. The van der Waals surface area contributed by atoms with Gasteiger partial charge in [-0.2, -0.15) is 0 Å². The van der Waals surface area contributed by atoms with Crippen molar-refractivity contribution >= 4 is 27.7 Å². The number of carbonyl (C=O) groups is 2. The van der Waals surface area contributed by atoms with E-state index < -0.39 is 0 Å². The van der Waals surface area contributed by atoms with E-state index in [0.29, 0.717) is 42.3 Å². The molecule has 4 aromatic rings. The monoisotopic (exact) mass is 626 g/mol. The number of nitrogens with zero attached hydrogens (tertiary/aromatic N) is 2. The van der Waals surface area contributed by atoms with Crippen molar-refractivity contribution in [2.75, 3.05) is 13.6 Å². The smallest absolute Gasteiger partial charge is 0.258 e. The van der Waals surface area contributed by atoms with Crippen LogP contribution in [0.1, 0.15) is 62.7 Å². The molecule has 0 atom stereocenters. The zero-order chi connectivity index (χ0) is 29.5. The average Bonchev–Trinajstić information content (AvgIpc) is 3.45. The second kappa shape index (κ2) is 13.7. The predicted octanol–water partition coefficient (Wildman–Crippen LogP) is 7.64. The molecule has 1 aliphatic heterocycles. The predicted molar refractivity (Wildman–Crippen MR) is 168 cm³/mol. The highest BCUT2D eigenvalue weighted by molar-refractivity contribution is 9.10. The molecule has 4 aromatic carbocycles. The summed E-state index contributed by atoms with van der Waals surface area (Å²) in [6, 6.07) is 29.1. The Morgan fingerprint density at radius 3 is 2.00 bits per heavy atom. The first-order valence-corrected chi connectivity index (χ1v) is 15.1. The third kappa shape index (κ3) is 7.02. The molecular weight excluding hydrogens is 592 g/mol. The van der Waals surface area contributed by atoms with Crippen LogP contribution in [0.3, 0.4) is 0 Å². The Morgan fingerprint density at radius 2 is 1.38 bits per heavy atom. The van der Waals surface area contributed by atoms with Crippen LogP contribution in [-0.4, -0.2) is 35.2 Å². The highest BCUT2D eigenvalue weighted by Gasteiger charge is 2.29. The van der Waals surface area contributed by atoms with Gasteiger partial charge in [0, 0.05) is 37.2 Å². The Balaban J connectivity index is 1.53. The topological polar surface area (TPSA) is 59.1 Å². The molecule has 42 heavy (non-hydrogen) atoms. The number of fused-ring (bicyclic) bond motifs is 1. The molecule has 0 unspecified atom stereocenters. The average molecular weight is 628 g/mol. The highest BCUT2D eigenvalue weighted by Crippen LogP contribution is 2.35. The van der Waals surface area contributed by atoms with E-state index in [0.717, 1.165) is 39.6 Å². The zero-order valence-corrected chi connectivity index (χ0v) is 25.6. The maximum atomic E-state index is 14.1. The number of hydrogen-bond donors (Lipinski definition) is 0. The molecule has 0 saturated heterocycles. The zero-order valence-electron chi connectivity index (χ0n) is 24.0. The Bertz CT molecular complexity index is 1540. The second-order valence-corrected chi connectivity index (χ2v) is 11.5. The maximum Gasteiger partial charge on any atom is 0.258 e. The van der Waals surface area contributed by atoms with Gasteiger partial charge >= 0.3 is 0 Å². The quantitative estimate of drug-likeness (QED) is 0.172. The van der Waals surface area contributed by atoms with Crippen LogP contribution >= 0.6 is 15.9 Å². The lowest BCUT2D eigenvalue weighted by Crippen LogP contribution is -2.30. The van der Waals surface area contributed by atoms with E-state index in [2.05, 4.69) is 22.9 Å². The Kier molecular flexibility index (Phi) is 9.59. The minimum Gasteiger partial charge on any atom is -0.488 e. The van der Waals surface area contributed by atoms with Gasteiger partial charge in [-0.25, -0.2) is 0 Å². The van der Waals surface area contributed by atoms with Gasteiger partial charge in [0.2, 0.25) is 0 Å². The van der Waals surface area contributed by atoms with E-state index >= 15 is 0 Å². The van der Waals surface area contributed by atoms with Crippen LogP contribution < -0.4 is 9.47 Å². The lowest BCUT2D eigenvalue weighted by Gasteiger charge is -2.23. The van der Waals surface area contributed by atoms with Crippen molar-refractivity contribution in [3.05, 3.63) is 129 Å². The minimum atomic E-state index is -0.191. The van der Waals surface area contributed by atoms with Crippen LogP contribution in [0.15, 0.2) is 95.5 Å². The molecule has 0 saturated carbocycles. The third-order valence-electron chi connectivity index (χ3n) is 7.39. The second-order valence-electron chi connectivity index (χ2n) is 10.5. The van der Waals surface area contributed by atoms with E-state index in [9.17, 15) is 9.59 Å². The number of carbonyl (C=O) groups excluding carboxylic acids is 2. The molecule has 1 heterocycles. The maximum absolute atomic E-state index is 14.1. The van der Waals surface area contributed by atoms with Gasteiger partial charge in [-0.3, -0.25) is 9.59 Å². The number of unbranched alkanes of at least 4 members (excludes halogenated alkanes) is 1. The molecule has 5 rings (SSSR count). The van der Waals surface area contributed by atoms with Gasteiger partial charge in [0.1, 0.15) is 24.7 Å². The molecule has 0 aliphatic carbocycles. The van der Waals surface area contributed by atoms with E-state index in [1.807, 2.05) is 78.9 Å². The molecule has 0 bridgehead atoms. The first-order valence-electron chi connectivity index (χ1n) is 14.3. The van der Waals surface area contributed by atoms with Gasteiger partial charge < -0.3 is 19.3 Å². The first kappa shape index (κ1) is 29.4. The summed E-state index contributed by atoms with van der Waals surface area (Å²) in [5.74, 6) is 0.395. The summed E-state index contributed by atoms with van der Waals surface area (Å²) >= 11 is 3.54. The largest absolute Gasteiger partial charge is 0.488 e. The summed E-state index contributed by atoms with van der Waals surface area (Å²) < 4.78 is 13.5. The normalized spacial score (nSPS) is 12.1. The Morgan fingerprint density at radius 1 is 0.786 bits per heavy atom. The molecule has 6 nitrogen and oxygen atoms in total. The minimum absolute atomic E-state index is 0.190. The summed E-state index contributed by atoms with van der Waals surface area (Å²) in [6.07, 6.45) is 1.85. The first-order chi connectivity index (χ1) is 20.4. The fraction of sp³-hybridized carbons (Fsp3) is 0.257. The van der Waals surface area contributed by atoms with Gasteiger partial charge in [0.05, 0.1) is 11.1 Å². The standard InChI is InChI=1S/C35H35BrN2O4/c1-3-4-17-37(2)34(39)30-19-31(35(40)38-21-27-15-16-29(36)18-28(27)22-38)33(42-24-26-13-9-6-10-14-26)20-32(30)41-23-25-11-7-5-8-12-25/h5-16,18-20H,3-4,17,21-24H2,1-2H3. The molecule has 0 radical (unpaired) electrons. The van der Waals surface area contributed by atoms with Crippen molar-refractivity contribution in [2.24, 2.45) is 0 Å². The summed E-state index contributed by atoms with van der Waals surface area (Å²) in [7, 11) is 1.79. The molecular formula is C35H35BrN2O4. The number of hydrogen-bond acceptors (Lipinski definition) is 4. The van der Waals surface area contributed by atoms with E-state index in [1.165, 1.54) is 0 Å². The molecule has 0 fully saturated rings. The molecule has 2 amide bonds. The van der Waals surface area contributed by atoms with E-state index in [1.54, 1.807) is 29.0 Å². The van der Waals surface area contributed by atoms with Crippen molar-refractivity contribution in [3.8, 4) is 11.5 Å². The molecule has 0 aromatic heterocycles. The summed E-state index contributed by atoms with van der Waals surface area (Å²) in [5, 5.41) is 0. The fourth-order valence-corrected chi connectivity index (χ4v) is 5.39. The van der Waals surface area contributed by atoms with E-state index in [-0.39, 0.29) is 25.0 Å². The van der Waals surface area contributed by atoms with Crippen LogP contribution in [0, 0.1) is 0 Å². The fourth-order valence-electron chi connectivity index (χ4n) is 4.98. The number of rotatable bonds is 11.